The lowest BCUT2D eigenvalue weighted by atomic mass is 9.79. The number of rotatable bonds is 7. The van der Waals surface area contributed by atoms with Crippen LogP contribution in [0.1, 0.15) is 33.1 Å². The first-order chi connectivity index (χ1) is 21.1. The zero-order valence-corrected chi connectivity index (χ0v) is 24.3. The average Bonchev–Trinajstić information content (AvgIpc) is 2.98. The van der Waals surface area contributed by atoms with Crippen molar-refractivity contribution in [2.24, 2.45) is 5.92 Å². The molecule has 2 aromatic carbocycles. The van der Waals surface area contributed by atoms with Crippen LogP contribution in [0.25, 0.3) is 22.3 Å². The number of aliphatic hydroxyl groups excluding tert-OH is 3. The quantitative estimate of drug-likeness (QED) is 0.136. The minimum Gasteiger partial charge on any atom is -0.508 e. The number of fused-ring (bicyclic) bond motifs is 1. The third kappa shape index (κ3) is 6.41. The molecule has 2 aliphatic rings. The van der Waals surface area contributed by atoms with Crippen LogP contribution in [0.4, 0.5) is 0 Å². The molecule has 2 heterocycles. The maximum absolute atomic E-state index is 13.6. The van der Waals surface area contributed by atoms with Crippen molar-refractivity contribution in [2.75, 3.05) is 6.61 Å². The second kappa shape index (κ2) is 12.2. The van der Waals surface area contributed by atoms with Gasteiger partial charge in [-0.05, 0) is 57.2 Å². The Balaban J connectivity index is 1.42. The Hall–Kier alpha value is -4.34. The Kier molecular flexibility index (Phi) is 8.70. The Morgan fingerprint density at radius 2 is 1.71 bits per heavy atom. The van der Waals surface area contributed by atoms with Crippen LogP contribution in [0.2, 0.25) is 0 Å². The van der Waals surface area contributed by atoms with E-state index in [1.165, 1.54) is 6.07 Å². The molecule has 0 saturated carbocycles. The van der Waals surface area contributed by atoms with E-state index in [0.29, 0.717) is 24.8 Å². The molecule has 0 amide bonds. The van der Waals surface area contributed by atoms with Crippen LogP contribution in [0.3, 0.4) is 0 Å². The number of hydrogen-bond acceptors (Lipinski definition) is 14. The highest BCUT2D eigenvalue weighted by Crippen LogP contribution is 2.39. The number of allylic oxidation sites excluding steroid dienone is 1. The van der Waals surface area contributed by atoms with Crippen molar-refractivity contribution in [3.8, 4) is 40.1 Å². The van der Waals surface area contributed by atoms with Gasteiger partial charge in [-0.25, -0.2) is 4.79 Å². The molecule has 6 atom stereocenters. The third-order valence-electron chi connectivity index (χ3n) is 8.11. The third-order valence-corrected chi connectivity index (χ3v) is 8.11. The average molecular weight is 631 g/mol. The Morgan fingerprint density at radius 3 is 2.36 bits per heavy atom. The van der Waals surface area contributed by atoms with Crippen LogP contribution >= 0.6 is 0 Å². The monoisotopic (exact) mass is 630 g/mol. The molecule has 8 N–H and O–H groups in total. The van der Waals surface area contributed by atoms with Crippen LogP contribution < -0.4 is 10.2 Å². The predicted molar refractivity (Wildman–Crippen MR) is 155 cm³/mol. The first kappa shape index (κ1) is 32.1. The first-order valence-electron chi connectivity index (χ1n) is 14.2. The second-order valence-corrected chi connectivity index (χ2v) is 11.7. The number of carbonyl (C=O) groups is 1. The Labute approximate surface area is 255 Å². The van der Waals surface area contributed by atoms with Crippen molar-refractivity contribution in [3.63, 3.8) is 0 Å². The Morgan fingerprint density at radius 1 is 0.978 bits per heavy atom. The second-order valence-electron chi connectivity index (χ2n) is 11.7. The smallest absolute Gasteiger partial charge is 0.333 e. The van der Waals surface area contributed by atoms with Crippen LogP contribution in [-0.4, -0.2) is 89.7 Å². The van der Waals surface area contributed by atoms with E-state index in [1.807, 2.05) is 0 Å². The summed E-state index contributed by atoms with van der Waals surface area (Å²) in [5, 5.41) is 81.8. The normalized spacial score (nSPS) is 25.5. The molecule has 1 saturated heterocycles. The maximum atomic E-state index is 13.6. The van der Waals surface area contributed by atoms with Gasteiger partial charge in [-0.3, -0.25) is 4.79 Å². The number of phenolic OH excluding ortho intramolecular Hbond substituents is 4. The molecule has 1 fully saturated rings. The number of ether oxygens (including phenoxy) is 3. The van der Waals surface area contributed by atoms with Gasteiger partial charge >= 0.3 is 5.97 Å². The minimum absolute atomic E-state index is 0.00826. The summed E-state index contributed by atoms with van der Waals surface area (Å²) in [6, 6.07) is 5.34. The summed E-state index contributed by atoms with van der Waals surface area (Å²) in [4.78, 5) is 26.3. The molecule has 3 aromatic rings. The summed E-state index contributed by atoms with van der Waals surface area (Å²) in [5.41, 5.74) is -1.82. The van der Waals surface area contributed by atoms with E-state index in [1.54, 1.807) is 19.9 Å². The fourth-order valence-corrected chi connectivity index (χ4v) is 5.41. The highest BCUT2D eigenvalue weighted by atomic mass is 16.7. The standard InChI is InChI=1S/C31H34O14/c1-31(2,41)15-6-3-13(4-7-15)29(40)42-12-21-23(36)25(38)26(39)30(44-21)45-28-24(37)22-19(35)10-16(32)11-20(22)43-27(28)14-5-8-17(33)18(34)9-14/h3,5,8-11,15,21,23,25-26,30,32-36,38-39,41H,4,6-7,12H2,1-2H3/t15-,21+,23-,25-,26+,30-/m0/s1. The summed E-state index contributed by atoms with van der Waals surface area (Å²) < 4.78 is 22.5. The molecule has 0 unspecified atom stereocenters. The SMILES string of the molecule is CC(C)(O)[C@H]1CC=C(C(=O)OC[C@H]2O[C@@H](Oc3c(-c4ccc(O)c(O)c4)oc4cc(O)cc(O)c4c3=O)[C@H](O)[C@@H](O)[C@H]2O)CC1. The Bertz CT molecular complexity index is 1690. The fourth-order valence-electron chi connectivity index (χ4n) is 5.41. The van der Waals surface area contributed by atoms with E-state index >= 15 is 0 Å². The van der Waals surface area contributed by atoms with Crippen molar-refractivity contribution in [1.29, 1.82) is 0 Å². The maximum Gasteiger partial charge on any atom is 0.333 e. The van der Waals surface area contributed by atoms with Crippen molar-refractivity contribution in [3.05, 3.63) is 52.2 Å². The number of aliphatic hydroxyl groups is 4. The lowest BCUT2D eigenvalue weighted by molar-refractivity contribution is -0.278. The number of carbonyl (C=O) groups excluding carboxylic acids is 1. The van der Waals surface area contributed by atoms with Crippen LogP contribution in [-0.2, 0) is 14.3 Å². The number of hydrogen-bond donors (Lipinski definition) is 8. The van der Waals surface area contributed by atoms with Crippen LogP contribution in [0.5, 0.6) is 28.7 Å². The molecule has 242 valence electrons. The summed E-state index contributed by atoms with van der Waals surface area (Å²) in [6.45, 7) is 2.82. The summed E-state index contributed by atoms with van der Waals surface area (Å²) in [7, 11) is 0. The molecule has 1 aliphatic carbocycles. The highest BCUT2D eigenvalue weighted by Gasteiger charge is 2.46. The molecule has 14 nitrogen and oxygen atoms in total. The van der Waals surface area contributed by atoms with E-state index in [-0.39, 0.29) is 22.8 Å². The van der Waals surface area contributed by atoms with Gasteiger partial charge in [-0.15, -0.1) is 0 Å². The lowest BCUT2D eigenvalue weighted by Gasteiger charge is -2.40. The molecule has 0 radical (unpaired) electrons. The first-order valence-corrected chi connectivity index (χ1v) is 14.2. The number of phenols is 4. The summed E-state index contributed by atoms with van der Waals surface area (Å²) in [6.07, 6.45) is -5.78. The van der Waals surface area contributed by atoms with Crippen LogP contribution in [0, 0.1) is 5.92 Å². The largest absolute Gasteiger partial charge is 0.508 e. The van der Waals surface area contributed by atoms with Gasteiger partial charge in [0.05, 0.1) is 5.60 Å². The van der Waals surface area contributed by atoms with E-state index in [9.17, 15) is 50.4 Å². The molecule has 0 bridgehead atoms. The predicted octanol–water partition coefficient (Wildman–Crippen LogP) is 1.51. The zero-order valence-electron chi connectivity index (χ0n) is 24.3. The van der Waals surface area contributed by atoms with Crippen LogP contribution in [0.15, 0.2) is 51.2 Å². The van der Waals surface area contributed by atoms with Crippen molar-refractivity contribution in [1.82, 2.24) is 0 Å². The van der Waals surface area contributed by atoms with Gasteiger partial charge in [-0.1, -0.05) is 6.08 Å². The van der Waals surface area contributed by atoms with Gasteiger partial charge in [0.1, 0.15) is 53.5 Å². The van der Waals surface area contributed by atoms with E-state index in [4.69, 9.17) is 18.6 Å². The lowest BCUT2D eigenvalue weighted by Crippen LogP contribution is -2.60. The zero-order chi connectivity index (χ0) is 32.8. The van der Waals surface area contributed by atoms with E-state index < -0.39 is 88.4 Å². The molecular formula is C31H34O14. The molecule has 45 heavy (non-hydrogen) atoms. The summed E-state index contributed by atoms with van der Waals surface area (Å²) in [5.74, 6) is -3.94. The van der Waals surface area contributed by atoms with Gasteiger partial charge in [0.25, 0.3) is 0 Å². The van der Waals surface area contributed by atoms with Gasteiger partial charge < -0.3 is 59.5 Å². The molecule has 1 aromatic heterocycles. The van der Waals surface area contributed by atoms with Gasteiger partial charge in [0.15, 0.2) is 17.3 Å². The number of aromatic hydroxyl groups is 4. The van der Waals surface area contributed by atoms with E-state index in [0.717, 1.165) is 24.3 Å². The van der Waals surface area contributed by atoms with Gasteiger partial charge in [0, 0.05) is 23.3 Å². The van der Waals surface area contributed by atoms with Crippen molar-refractivity contribution >= 4 is 16.9 Å². The summed E-state index contributed by atoms with van der Waals surface area (Å²) >= 11 is 0. The van der Waals surface area contributed by atoms with Gasteiger partial charge in [0.2, 0.25) is 17.5 Å². The van der Waals surface area contributed by atoms with Crippen molar-refractivity contribution < 1.29 is 64.3 Å². The molecule has 0 spiro atoms. The molecule has 14 heteroatoms. The fraction of sp³-hybridized carbons (Fsp3) is 0.419. The number of esters is 1. The molecule has 5 rings (SSSR count). The van der Waals surface area contributed by atoms with Gasteiger partial charge in [-0.2, -0.15) is 0 Å². The van der Waals surface area contributed by atoms with Crippen molar-refractivity contribution in [2.45, 2.75) is 69.4 Å². The van der Waals surface area contributed by atoms with E-state index in [2.05, 4.69) is 0 Å². The minimum atomic E-state index is -1.93. The number of benzene rings is 2. The molecular weight excluding hydrogens is 596 g/mol. The highest BCUT2D eigenvalue weighted by molar-refractivity contribution is 5.89. The topological polar surface area (TPSA) is 237 Å². The molecule has 1 aliphatic heterocycles.